The number of aryl methyl sites for hydroxylation is 1. The highest BCUT2D eigenvalue weighted by Crippen LogP contribution is 2.31. The molecule has 5 N–H and O–H groups in total. The Morgan fingerprint density at radius 2 is 1.61 bits per heavy atom. The molecule has 3 aromatic rings. The lowest BCUT2D eigenvalue weighted by Crippen LogP contribution is -2.34. The van der Waals surface area contributed by atoms with Crippen molar-refractivity contribution in [2.45, 2.75) is 103 Å². The summed E-state index contributed by atoms with van der Waals surface area (Å²) in [5, 5.41) is 9.91. The number of aliphatic imine (C=N–C) groups is 1. The lowest BCUT2D eigenvalue weighted by molar-refractivity contribution is -0.132. The Bertz CT molecular complexity index is 1340. The molecule has 2 aromatic carbocycles. The van der Waals surface area contributed by atoms with Crippen molar-refractivity contribution >= 4 is 29.6 Å². The summed E-state index contributed by atoms with van der Waals surface area (Å²) in [4.78, 5) is 25.5. The van der Waals surface area contributed by atoms with Gasteiger partial charge in [0.15, 0.2) is 5.82 Å². The third-order valence-corrected chi connectivity index (χ3v) is 8.74. The highest BCUT2D eigenvalue weighted by molar-refractivity contribution is 5.80. The van der Waals surface area contributed by atoms with E-state index in [0.29, 0.717) is 37.0 Å². The van der Waals surface area contributed by atoms with Crippen LogP contribution in [-0.2, 0) is 9.53 Å². The first-order chi connectivity index (χ1) is 22.3. The number of aromatic nitrogens is 2. The summed E-state index contributed by atoms with van der Waals surface area (Å²) in [6.45, 7) is 11.5. The first kappa shape index (κ1) is 35.0. The van der Waals surface area contributed by atoms with E-state index in [4.69, 9.17) is 20.4 Å². The number of nitrogens with two attached hydrogens (primary N) is 1. The van der Waals surface area contributed by atoms with Crippen LogP contribution in [0, 0.1) is 12.8 Å². The largest absolute Gasteiger partial charge is 0.367 e. The summed E-state index contributed by atoms with van der Waals surface area (Å²) < 4.78 is 5.63. The highest BCUT2D eigenvalue weighted by atomic mass is 16.5. The van der Waals surface area contributed by atoms with Crippen LogP contribution >= 0.6 is 0 Å². The Hall–Kier alpha value is -3.82. The van der Waals surface area contributed by atoms with Gasteiger partial charge in [0.25, 0.3) is 0 Å². The van der Waals surface area contributed by atoms with Gasteiger partial charge in [-0.25, -0.2) is 4.98 Å². The van der Waals surface area contributed by atoms with Gasteiger partial charge in [0, 0.05) is 37.3 Å². The van der Waals surface area contributed by atoms with Crippen molar-refractivity contribution in [2.75, 3.05) is 23.7 Å². The van der Waals surface area contributed by atoms with Gasteiger partial charge in [-0.1, -0.05) is 74.5 Å². The molecule has 9 nitrogen and oxygen atoms in total. The molecule has 0 radical (unpaired) electrons. The van der Waals surface area contributed by atoms with Gasteiger partial charge in [0.2, 0.25) is 11.9 Å². The number of rotatable bonds is 11. The smallest absolute Gasteiger partial charge is 0.249 e. The molecule has 0 bridgehead atoms. The Kier molecular flexibility index (Phi) is 13.5. The van der Waals surface area contributed by atoms with E-state index in [-0.39, 0.29) is 24.0 Å². The van der Waals surface area contributed by atoms with E-state index in [9.17, 15) is 4.79 Å². The van der Waals surface area contributed by atoms with Gasteiger partial charge in [-0.3, -0.25) is 9.79 Å². The number of nitrogens with one attached hydrogen (secondary N) is 3. The number of benzene rings is 2. The summed E-state index contributed by atoms with van der Waals surface area (Å²) in [7, 11) is 0. The molecule has 1 saturated carbocycles. The second-order valence-corrected chi connectivity index (χ2v) is 12.6. The van der Waals surface area contributed by atoms with Crippen LogP contribution in [0.2, 0.25) is 0 Å². The fourth-order valence-corrected chi connectivity index (χ4v) is 6.12. The summed E-state index contributed by atoms with van der Waals surface area (Å²) in [5.41, 5.74) is 10.2. The topological polar surface area (TPSA) is 127 Å². The summed E-state index contributed by atoms with van der Waals surface area (Å²) in [6, 6.07) is 21.8. The molecule has 9 heteroatoms. The molecule has 2 unspecified atom stereocenters. The van der Waals surface area contributed by atoms with E-state index < -0.39 is 0 Å². The van der Waals surface area contributed by atoms with Gasteiger partial charge in [-0.15, -0.1) is 0 Å². The first-order valence-electron chi connectivity index (χ1n) is 16.9. The molecule has 2 heterocycles. The number of hydrogen-bond acceptors (Lipinski definition) is 8. The fraction of sp³-hybridized carbons (Fsp3) is 0.514. The van der Waals surface area contributed by atoms with Gasteiger partial charge >= 0.3 is 0 Å². The Labute approximate surface area is 275 Å². The Morgan fingerprint density at radius 3 is 2.15 bits per heavy atom. The maximum absolute atomic E-state index is 11.4. The van der Waals surface area contributed by atoms with Crippen LogP contribution in [0.3, 0.4) is 0 Å². The van der Waals surface area contributed by atoms with E-state index in [1.165, 1.54) is 11.1 Å². The number of amides is 1. The number of hydrogen-bond donors (Lipinski definition) is 4. The van der Waals surface area contributed by atoms with Crippen LogP contribution < -0.4 is 21.7 Å². The molecule has 2 aliphatic rings. The van der Waals surface area contributed by atoms with E-state index >= 15 is 0 Å². The molecule has 1 aromatic heterocycles. The number of likely N-dealkylation sites (N-methyl/N-ethyl adjacent to an activating group) is 1. The minimum absolute atomic E-state index is 0.0469. The van der Waals surface area contributed by atoms with Crippen LogP contribution in [-0.4, -0.2) is 59.5 Å². The molecule has 248 valence electrons. The van der Waals surface area contributed by atoms with Gasteiger partial charge in [0.05, 0.1) is 11.8 Å². The standard InChI is InChI=1S/C27H34N6.C10H19NO2/c1-3-29-25-19(2)31-27(32-23-16-14-22(28)15-17-23)33-26(25)30-18-24(20-10-6-4-7-11-20)21-12-8-5-9-13-21;1-4-11-10(12)9-6-5-8(13-9)7(2)3/h3-13,22-24H,14-18,28H2,1-2H3,(H2,30,31,32,33);7-9H,4-6H2,1-3H3,(H,11,12). The lowest BCUT2D eigenvalue weighted by atomic mass is 9.91. The first-order valence-corrected chi connectivity index (χ1v) is 16.9. The summed E-state index contributed by atoms with van der Waals surface area (Å²) >= 11 is 0. The second-order valence-electron chi connectivity index (χ2n) is 12.6. The molecule has 0 spiro atoms. The lowest BCUT2D eigenvalue weighted by Gasteiger charge is -2.27. The fourth-order valence-electron chi connectivity index (χ4n) is 6.12. The van der Waals surface area contributed by atoms with E-state index in [1.54, 1.807) is 6.21 Å². The van der Waals surface area contributed by atoms with E-state index in [2.05, 4.69) is 95.5 Å². The van der Waals surface area contributed by atoms with Crippen LogP contribution in [0.4, 0.5) is 17.5 Å². The molecule has 1 amide bonds. The van der Waals surface area contributed by atoms with Crippen molar-refractivity contribution in [1.29, 1.82) is 0 Å². The maximum atomic E-state index is 11.4. The second kappa shape index (κ2) is 17.8. The predicted molar refractivity (Wildman–Crippen MR) is 189 cm³/mol. The van der Waals surface area contributed by atoms with E-state index in [1.807, 2.05) is 20.8 Å². The SMILES string of the molecule is CC=Nc1c(C)nc(NC2CCC(N)CC2)nc1NCC(c1ccccc1)c1ccccc1.CCNC(=O)C1CCC(C(C)C)O1. The number of carbonyl (C=O) groups is 1. The monoisotopic (exact) mass is 627 g/mol. The molecule has 2 fully saturated rings. The summed E-state index contributed by atoms with van der Waals surface area (Å²) in [5.74, 6) is 2.16. The van der Waals surface area contributed by atoms with Crippen LogP contribution in [0.25, 0.3) is 0 Å². The number of nitrogens with zero attached hydrogens (tertiary/aromatic N) is 3. The van der Waals surface area contributed by atoms with Crippen LogP contribution in [0.15, 0.2) is 65.7 Å². The van der Waals surface area contributed by atoms with Crippen molar-refractivity contribution in [3.05, 3.63) is 77.5 Å². The van der Waals surface area contributed by atoms with Gasteiger partial charge < -0.3 is 26.4 Å². The maximum Gasteiger partial charge on any atom is 0.249 e. The molecule has 1 aliphatic heterocycles. The van der Waals surface area contributed by atoms with Crippen LogP contribution in [0.5, 0.6) is 0 Å². The van der Waals surface area contributed by atoms with Gasteiger partial charge in [-0.05, 0) is 76.3 Å². The molecule has 46 heavy (non-hydrogen) atoms. The van der Waals surface area contributed by atoms with Gasteiger partial charge in [0.1, 0.15) is 11.8 Å². The predicted octanol–water partition coefficient (Wildman–Crippen LogP) is 6.76. The number of carbonyl (C=O) groups excluding carboxylic acids is 1. The Balaban J connectivity index is 0.000000310. The van der Waals surface area contributed by atoms with E-state index in [0.717, 1.165) is 55.7 Å². The zero-order chi connectivity index (χ0) is 32.9. The van der Waals surface area contributed by atoms with Crippen molar-refractivity contribution in [3.8, 4) is 0 Å². The molecule has 5 rings (SSSR count). The Morgan fingerprint density at radius 1 is 0.978 bits per heavy atom. The highest BCUT2D eigenvalue weighted by Gasteiger charge is 2.31. The third kappa shape index (κ3) is 10.1. The van der Waals surface area contributed by atoms with Gasteiger partial charge in [-0.2, -0.15) is 4.98 Å². The molecular weight excluding hydrogens is 574 g/mol. The van der Waals surface area contributed by atoms with Crippen molar-refractivity contribution in [2.24, 2.45) is 16.6 Å². The number of ether oxygens (including phenoxy) is 1. The third-order valence-electron chi connectivity index (χ3n) is 8.74. The molecular formula is C37H53N7O2. The molecule has 1 saturated heterocycles. The minimum atomic E-state index is -0.202. The average molecular weight is 628 g/mol. The number of anilines is 2. The minimum Gasteiger partial charge on any atom is -0.367 e. The average Bonchev–Trinajstić information content (AvgIpc) is 3.57. The zero-order valence-corrected chi connectivity index (χ0v) is 28.2. The van der Waals surface area contributed by atoms with Crippen LogP contribution in [0.1, 0.15) is 89.0 Å². The quantitative estimate of drug-likeness (QED) is 0.173. The van der Waals surface area contributed by atoms with Crippen molar-refractivity contribution in [3.63, 3.8) is 0 Å². The zero-order valence-electron chi connectivity index (χ0n) is 28.2. The normalized spacial score (nSPS) is 21.2. The molecule has 2 atom stereocenters. The molecule has 1 aliphatic carbocycles. The summed E-state index contributed by atoms with van der Waals surface area (Å²) in [6.07, 6.45) is 7.91. The van der Waals surface area contributed by atoms with Crippen molar-refractivity contribution in [1.82, 2.24) is 15.3 Å². The van der Waals surface area contributed by atoms with Crippen molar-refractivity contribution < 1.29 is 9.53 Å².